The third kappa shape index (κ3) is 4.37. The van der Waals surface area contributed by atoms with Crippen molar-refractivity contribution in [2.24, 2.45) is 5.73 Å². The van der Waals surface area contributed by atoms with Gasteiger partial charge >= 0.3 is 0 Å². The molecule has 0 fully saturated rings. The number of benzene rings is 1. The number of rotatable bonds is 4. The van der Waals surface area contributed by atoms with Gasteiger partial charge in [0, 0.05) is 24.8 Å². The van der Waals surface area contributed by atoms with E-state index in [0.29, 0.717) is 18.7 Å². The van der Waals surface area contributed by atoms with Gasteiger partial charge in [-0.25, -0.2) is 0 Å². The fourth-order valence-corrected chi connectivity index (χ4v) is 1.62. The van der Waals surface area contributed by atoms with E-state index in [1.807, 2.05) is 32.9 Å². The maximum absolute atomic E-state index is 12.2. The van der Waals surface area contributed by atoms with Crippen LogP contribution < -0.4 is 11.1 Å². The van der Waals surface area contributed by atoms with Crippen molar-refractivity contribution in [1.29, 1.82) is 0 Å². The van der Waals surface area contributed by atoms with Crippen LogP contribution in [0.25, 0.3) is 0 Å². The van der Waals surface area contributed by atoms with Crippen molar-refractivity contribution >= 4 is 5.91 Å². The van der Waals surface area contributed by atoms with E-state index in [1.165, 1.54) is 0 Å². The molecule has 0 unspecified atom stereocenters. The van der Waals surface area contributed by atoms with E-state index in [1.54, 1.807) is 13.2 Å². The maximum Gasteiger partial charge on any atom is 0.251 e. The summed E-state index contributed by atoms with van der Waals surface area (Å²) in [5.41, 5.74) is 7.30. The molecule has 0 aromatic heterocycles. The Morgan fingerprint density at radius 2 is 2.15 bits per heavy atom. The van der Waals surface area contributed by atoms with Crippen molar-refractivity contribution in [1.82, 2.24) is 5.32 Å². The van der Waals surface area contributed by atoms with Crippen molar-refractivity contribution in [3.05, 3.63) is 34.9 Å². The summed E-state index contributed by atoms with van der Waals surface area (Å²) in [6, 6.07) is 5.50. The lowest BCUT2D eigenvalue weighted by Gasteiger charge is -2.23. The second-order valence-electron chi connectivity index (χ2n) is 5.13. The predicted molar refractivity (Wildman–Crippen MR) is 80.5 cm³/mol. The lowest BCUT2D eigenvalue weighted by atomic mass is 10.0. The fourth-order valence-electron chi connectivity index (χ4n) is 1.62. The molecule has 108 valence electrons. The number of methoxy groups -OCH3 is 1. The minimum atomic E-state index is -0.388. The van der Waals surface area contributed by atoms with Crippen LogP contribution in [0.5, 0.6) is 0 Å². The monoisotopic (exact) mass is 274 g/mol. The molecule has 0 bridgehead atoms. The van der Waals surface area contributed by atoms with Gasteiger partial charge < -0.3 is 15.8 Å². The Labute approximate surface area is 120 Å². The highest BCUT2D eigenvalue weighted by Gasteiger charge is 2.18. The van der Waals surface area contributed by atoms with E-state index in [0.717, 1.165) is 11.1 Å². The summed E-state index contributed by atoms with van der Waals surface area (Å²) < 4.78 is 5.28. The summed E-state index contributed by atoms with van der Waals surface area (Å²) in [5.74, 6) is 5.65. The smallest absolute Gasteiger partial charge is 0.251 e. The molecule has 0 saturated carbocycles. The first-order valence-electron chi connectivity index (χ1n) is 6.53. The Hall–Kier alpha value is -1.83. The highest BCUT2D eigenvalue weighted by atomic mass is 16.5. The molecule has 3 N–H and O–H groups in total. The van der Waals surface area contributed by atoms with Gasteiger partial charge in [0.25, 0.3) is 5.91 Å². The van der Waals surface area contributed by atoms with Crippen LogP contribution in [-0.2, 0) is 4.74 Å². The normalized spacial score (nSPS) is 10.7. The van der Waals surface area contributed by atoms with Crippen molar-refractivity contribution < 1.29 is 9.53 Å². The summed E-state index contributed by atoms with van der Waals surface area (Å²) in [6.45, 7) is 6.47. The van der Waals surface area contributed by atoms with Crippen LogP contribution in [0, 0.1) is 18.8 Å². The van der Waals surface area contributed by atoms with Crippen molar-refractivity contribution in [3.8, 4) is 11.8 Å². The van der Waals surface area contributed by atoms with Crippen LogP contribution in [0.2, 0.25) is 0 Å². The molecule has 1 amide bonds. The van der Waals surface area contributed by atoms with Gasteiger partial charge in [0.15, 0.2) is 0 Å². The number of carbonyl (C=O) groups is 1. The van der Waals surface area contributed by atoms with Crippen LogP contribution in [0.15, 0.2) is 18.2 Å². The van der Waals surface area contributed by atoms with Crippen molar-refractivity contribution in [2.45, 2.75) is 26.4 Å². The van der Waals surface area contributed by atoms with E-state index < -0.39 is 0 Å². The largest absolute Gasteiger partial charge is 0.377 e. The van der Waals surface area contributed by atoms with Gasteiger partial charge in [-0.3, -0.25) is 4.79 Å². The fraction of sp³-hybridized carbons (Fsp3) is 0.438. The number of carbonyl (C=O) groups excluding carboxylic acids is 1. The van der Waals surface area contributed by atoms with E-state index in [-0.39, 0.29) is 11.5 Å². The van der Waals surface area contributed by atoms with Gasteiger partial charge in [0.05, 0.1) is 12.1 Å². The van der Waals surface area contributed by atoms with E-state index in [2.05, 4.69) is 17.2 Å². The molecular formula is C16H22N2O2. The second kappa shape index (κ2) is 7.09. The first-order valence-corrected chi connectivity index (χ1v) is 6.53. The average Bonchev–Trinajstić information content (AvgIpc) is 2.44. The first-order chi connectivity index (χ1) is 9.41. The molecular weight excluding hydrogens is 252 g/mol. The zero-order valence-electron chi connectivity index (χ0n) is 12.5. The predicted octanol–water partition coefficient (Wildman–Crippen LogP) is 1.46. The lowest BCUT2D eigenvalue weighted by molar-refractivity contribution is 0.0228. The Balaban J connectivity index is 2.89. The van der Waals surface area contributed by atoms with Crippen LogP contribution in [0.1, 0.15) is 35.3 Å². The van der Waals surface area contributed by atoms with Crippen LogP contribution in [-0.4, -0.2) is 31.7 Å². The third-order valence-corrected chi connectivity index (χ3v) is 3.13. The molecule has 0 radical (unpaired) electrons. The SMILES string of the molecule is COC(C)(C)CNC(=O)c1cccc(C#CCN)c1C. The third-order valence-electron chi connectivity index (χ3n) is 3.13. The van der Waals surface area contributed by atoms with Gasteiger partial charge in [0.1, 0.15) is 0 Å². The number of hydrogen-bond donors (Lipinski definition) is 2. The summed E-state index contributed by atoms with van der Waals surface area (Å²) in [5, 5.41) is 2.88. The molecule has 1 aromatic carbocycles. The van der Waals surface area contributed by atoms with E-state index in [9.17, 15) is 4.79 Å². The van der Waals surface area contributed by atoms with Crippen molar-refractivity contribution in [2.75, 3.05) is 20.2 Å². The van der Waals surface area contributed by atoms with Gasteiger partial charge in [0.2, 0.25) is 0 Å². The molecule has 0 atom stereocenters. The second-order valence-corrected chi connectivity index (χ2v) is 5.13. The molecule has 1 aromatic rings. The van der Waals surface area contributed by atoms with Crippen molar-refractivity contribution in [3.63, 3.8) is 0 Å². The summed E-state index contributed by atoms with van der Waals surface area (Å²) in [6.07, 6.45) is 0. The molecule has 0 saturated heterocycles. The minimum absolute atomic E-state index is 0.121. The highest BCUT2D eigenvalue weighted by molar-refractivity contribution is 5.96. The summed E-state index contributed by atoms with van der Waals surface area (Å²) in [4.78, 5) is 12.2. The molecule has 0 heterocycles. The van der Waals surface area contributed by atoms with Gasteiger partial charge in [-0.1, -0.05) is 17.9 Å². The average molecular weight is 274 g/mol. The summed E-state index contributed by atoms with van der Waals surface area (Å²) in [7, 11) is 1.63. The first kappa shape index (κ1) is 16.2. The highest BCUT2D eigenvalue weighted by Crippen LogP contribution is 2.13. The molecule has 0 aliphatic rings. The standard InChI is InChI=1S/C16H22N2O2/c1-12-13(8-6-10-17)7-5-9-14(12)15(19)18-11-16(2,3)20-4/h5,7,9H,10-11,17H2,1-4H3,(H,18,19). The Bertz CT molecular complexity index is 539. The Morgan fingerprint density at radius 3 is 2.75 bits per heavy atom. The van der Waals surface area contributed by atoms with Gasteiger partial charge in [-0.15, -0.1) is 0 Å². The number of amides is 1. The zero-order valence-corrected chi connectivity index (χ0v) is 12.5. The lowest BCUT2D eigenvalue weighted by Crippen LogP contribution is -2.39. The number of ether oxygens (including phenoxy) is 1. The molecule has 4 heteroatoms. The molecule has 0 spiro atoms. The van der Waals surface area contributed by atoms with E-state index in [4.69, 9.17) is 10.5 Å². The molecule has 0 aliphatic heterocycles. The topological polar surface area (TPSA) is 64.3 Å². The van der Waals surface area contributed by atoms with Crippen LogP contribution in [0.3, 0.4) is 0 Å². The maximum atomic E-state index is 12.2. The quantitative estimate of drug-likeness (QED) is 0.817. The minimum Gasteiger partial charge on any atom is -0.377 e. The Morgan fingerprint density at radius 1 is 1.45 bits per heavy atom. The number of nitrogens with one attached hydrogen (secondary N) is 1. The number of nitrogens with two attached hydrogens (primary N) is 1. The molecule has 20 heavy (non-hydrogen) atoms. The number of hydrogen-bond acceptors (Lipinski definition) is 3. The van der Waals surface area contributed by atoms with Crippen LogP contribution >= 0.6 is 0 Å². The molecule has 1 rings (SSSR count). The summed E-state index contributed by atoms with van der Waals surface area (Å²) >= 11 is 0. The van der Waals surface area contributed by atoms with Gasteiger partial charge in [-0.05, 0) is 38.5 Å². The van der Waals surface area contributed by atoms with Gasteiger partial charge in [-0.2, -0.15) is 0 Å². The van der Waals surface area contributed by atoms with E-state index >= 15 is 0 Å². The molecule has 0 aliphatic carbocycles. The molecule has 4 nitrogen and oxygen atoms in total. The Kier molecular flexibility index (Phi) is 5.75. The zero-order chi connectivity index (χ0) is 15.2. The van der Waals surface area contributed by atoms with Crippen LogP contribution in [0.4, 0.5) is 0 Å².